The van der Waals surface area contributed by atoms with Crippen LogP contribution in [0.5, 0.6) is 5.75 Å². The van der Waals surface area contributed by atoms with Crippen molar-refractivity contribution in [2.75, 3.05) is 65.2 Å². The average Bonchev–Trinajstić information content (AvgIpc) is 3.90. The molecule has 2 aromatic carbocycles. The maximum absolute atomic E-state index is 12.7. The molecule has 2 saturated heterocycles. The van der Waals surface area contributed by atoms with Crippen molar-refractivity contribution in [1.82, 2.24) is 30.9 Å². The highest BCUT2D eigenvalue weighted by atomic mass is 32.2. The maximum atomic E-state index is 12.7. The number of fused-ring (bicyclic) bond motifs is 1. The van der Waals surface area contributed by atoms with Crippen molar-refractivity contribution in [1.29, 1.82) is 0 Å². The summed E-state index contributed by atoms with van der Waals surface area (Å²) in [6, 6.07) is 12.9. The highest BCUT2D eigenvalue weighted by Crippen LogP contribution is 2.33. The van der Waals surface area contributed by atoms with E-state index in [1.165, 1.54) is 24.3 Å². The molecule has 1 aromatic heterocycles. The Hall–Kier alpha value is -4.55. The van der Waals surface area contributed by atoms with Gasteiger partial charge in [0.2, 0.25) is 5.91 Å². The molecule has 3 atom stereocenters. The number of amides is 3. The largest absolute Gasteiger partial charge is 0.487 e. The Kier molecular flexibility index (Phi) is 16.5. The van der Waals surface area contributed by atoms with Crippen molar-refractivity contribution in [2.24, 2.45) is 0 Å². The van der Waals surface area contributed by atoms with Gasteiger partial charge in [0, 0.05) is 35.1 Å². The Bertz CT molecular complexity index is 1640. The van der Waals surface area contributed by atoms with E-state index in [2.05, 4.69) is 26.3 Å². The second kappa shape index (κ2) is 22.0. The zero-order valence-corrected chi connectivity index (χ0v) is 30.9. The number of unbranched alkanes of at least 4 members (excludes halogenated alkanes) is 1. The lowest BCUT2D eigenvalue weighted by Gasteiger charge is -2.16. The summed E-state index contributed by atoms with van der Waals surface area (Å²) in [6.45, 7) is 4.70. The molecule has 2 aliphatic heterocycles. The van der Waals surface area contributed by atoms with E-state index in [-0.39, 0.29) is 42.0 Å². The molecular formula is C37H48N6O10S. The lowest BCUT2D eigenvalue weighted by Crippen LogP contribution is -2.36. The minimum atomic E-state index is -1.04. The van der Waals surface area contributed by atoms with E-state index in [4.69, 9.17) is 28.8 Å². The molecule has 292 valence electrons. The summed E-state index contributed by atoms with van der Waals surface area (Å²) >= 11 is 1.89. The van der Waals surface area contributed by atoms with Crippen LogP contribution in [0, 0.1) is 0 Å². The van der Waals surface area contributed by atoms with Crippen molar-refractivity contribution in [3.8, 4) is 5.75 Å². The van der Waals surface area contributed by atoms with Gasteiger partial charge in [-0.2, -0.15) is 11.8 Å². The van der Waals surface area contributed by atoms with Crippen LogP contribution in [0.15, 0.2) is 54.7 Å². The van der Waals surface area contributed by atoms with E-state index in [0.29, 0.717) is 100 Å². The van der Waals surface area contributed by atoms with Gasteiger partial charge in [-0.05, 0) is 49.2 Å². The second-order valence-corrected chi connectivity index (χ2v) is 13.9. The zero-order valence-electron chi connectivity index (χ0n) is 30.1. The van der Waals surface area contributed by atoms with E-state index in [9.17, 15) is 19.2 Å². The monoisotopic (exact) mass is 768 g/mol. The predicted molar refractivity (Wildman–Crippen MR) is 198 cm³/mol. The molecule has 4 N–H and O–H groups in total. The molecule has 17 heteroatoms. The van der Waals surface area contributed by atoms with E-state index < -0.39 is 5.97 Å². The molecule has 0 saturated carbocycles. The Balaban J connectivity index is 0.785. The van der Waals surface area contributed by atoms with E-state index in [1.807, 2.05) is 11.8 Å². The van der Waals surface area contributed by atoms with Crippen molar-refractivity contribution < 1.29 is 48.0 Å². The van der Waals surface area contributed by atoms with Gasteiger partial charge in [0.15, 0.2) is 5.78 Å². The second-order valence-electron chi connectivity index (χ2n) is 12.7. The summed E-state index contributed by atoms with van der Waals surface area (Å²) < 4.78 is 29.6. The Morgan fingerprint density at radius 1 is 0.833 bits per heavy atom. The number of nitrogens with zero attached hydrogens (tertiary/aromatic N) is 3. The van der Waals surface area contributed by atoms with Gasteiger partial charge in [-0.3, -0.25) is 9.59 Å². The number of hydrogen-bond acceptors (Lipinski definition) is 12. The van der Waals surface area contributed by atoms with E-state index >= 15 is 0 Å². The predicted octanol–water partition coefficient (Wildman–Crippen LogP) is 2.69. The van der Waals surface area contributed by atoms with Crippen LogP contribution in [0.4, 0.5) is 4.79 Å². The number of carboxylic acids is 1. The number of ether oxygens (including phenoxy) is 5. The molecule has 3 heterocycles. The average molecular weight is 769 g/mol. The number of hydrogen-bond donors (Lipinski definition) is 4. The van der Waals surface area contributed by atoms with Crippen LogP contribution >= 0.6 is 11.8 Å². The summed E-state index contributed by atoms with van der Waals surface area (Å²) in [5.41, 5.74) is 1.63. The summed E-state index contributed by atoms with van der Waals surface area (Å²) in [7, 11) is 0. The Morgan fingerprint density at radius 2 is 1.46 bits per heavy atom. The lowest BCUT2D eigenvalue weighted by atomic mass is 10.0. The molecule has 0 radical (unpaired) electrons. The molecule has 0 aliphatic carbocycles. The number of benzene rings is 2. The molecule has 0 spiro atoms. The fourth-order valence-electron chi connectivity index (χ4n) is 5.85. The molecule has 2 fully saturated rings. The molecule has 5 rings (SSSR count). The third kappa shape index (κ3) is 13.4. The molecule has 2 aliphatic rings. The first-order valence-corrected chi connectivity index (χ1v) is 19.2. The quantitative estimate of drug-likeness (QED) is 0.0528. The number of aromatic carboxylic acids is 1. The van der Waals surface area contributed by atoms with Gasteiger partial charge in [0.1, 0.15) is 18.1 Å². The number of aromatic nitrogens is 3. The van der Waals surface area contributed by atoms with Gasteiger partial charge < -0.3 is 44.7 Å². The third-order valence-corrected chi connectivity index (χ3v) is 10.2. The molecule has 54 heavy (non-hydrogen) atoms. The smallest absolute Gasteiger partial charge is 0.335 e. The highest BCUT2D eigenvalue weighted by Gasteiger charge is 2.42. The lowest BCUT2D eigenvalue weighted by molar-refractivity contribution is -0.121. The van der Waals surface area contributed by atoms with Gasteiger partial charge >= 0.3 is 12.0 Å². The van der Waals surface area contributed by atoms with Crippen molar-refractivity contribution in [2.45, 2.75) is 56.2 Å². The van der Waals surface area contributed by atoms with Crippen LogP contribution in [-0.4, -0.2) is 126 Å². The Morgan fingerprint density at radius 3 is 2.15 bits per heavy atom. The molecule has 0 bridgehead atoms. The van der Waals surface area contributed by atoms with Gasteiger partial charge in [-0.25, -0.2) is 14.3 Å². The van der Waals surface area contributed by atoms with Crippen LogP contribution in [-0.2, 0) is 36.9 Å². The number of carbonyl (C=O) groups is 4. The summed E-state index contributed by atoms with van der Waals surface area (Å²) in [5.74, 6) is 0.290. The van der Waals surface area contributed by atoms with Crippen molar-refractivity contribution in [3.05, 3.63) is 77.1 Å². The van der Waals surface area contributed by atoms with Gasteiger partial charge in [-0.1, -0.05) is 23.8 Å². The van der Waals surface area contributed by atoms with Crippen LogP contribution in [0.1, 0.15) is 57.7 Å². The minimum absolute atomic E-state index is 0.0293. The van der Waals surface area contributed by atoms with E-state index in [1.54, 1.807) is 35.1 Å². The van der Waals surface area contributed by atoms with E-state index in [0.717, 1.165) is 25.0 Å². The number of rotatable bonds is 26. The topological polar surface area (TPSA) is 201 Å². The SMILES string of the molecule is O=C(CCCC[C@@H]1SC[C@@H]2NC(=O)N[C@@H]21)NCCOCCOCCOCCOCCn1cc(COc2ccc(C(=O)c3ccc(C(=O)O)cc3)cc2)nn1. The van der Waals surface area contributed by atoms with Crippen LogP contribution < -0.4 is 20.7 Å². The number of nitrogens with one attached hydrogen (secondary N) is 3. The van der Waals surface area contributed by atoms with Crippen molar-refractivity contribution in [3.63, 3.8) is 0 Å². The summed E-state index contributed by atoms with van der Waals surface area (Å²) in [6.07, 6.45) is 5.06. The molecule has 16 nitrogen and oxygen atoms in total. The van der Waals surface area contributed by atoms with Gasteiger partial charge in [-0.15, -0.1) is 5.10 Å². The number of thioether (sulfide) groups is 1. The first kappa shape index (κ1) is 40.6. The molecule has 0 unspecified atom stereocenters. The Labute approximate surface area is 318 Å². The van der Waals surface area contributed by atoms with Crippen molar-refractivity contribution >= 4 is 35.5 Å². The van der Waals surface area contributed by atoms with Crippen LogP contribution in [0.2, 0.25) is 0 Å². The molecule has 3 aromatic rings. The molecular weight excluding hydrogens is 721 g/mol. The first-order chi connectivity index (χ1) is 26.4. The summed E-state index contributed by atoms with van der Waals surface area (Å²) in [4.78, 5) is 47.3. The minimum Gasteiger partial charge on any atom is -0.487 e. The van der Waals surface area contributed by atoms with Crippen LogP contribution in [0.25, 0.3) is 0 Å². The standard InChI is InChI=1S/C37H48N6O10S/c44-33(4-2-1-3-32-34-31(25-54-32)39-37(48)40-34)38-13-15-49-17-19-51-21-22-52-20-18-50-16-14-43-23-29(41-42-43)24-53-30-11-9-27(10-12-30)35(45)26-5-7-28(8-6-26)36(46)47/h5-12,23,31-32,34H,1-4,13-22,24-25H2,(H,38,44)(H,46,47)(H2,39,40,48)/t31-,32-,34-/m0/s1. The summed E-state index contributed by atoms with van der Waals surface area (Å²) in [5, 5.41) is 26.5. The first-order valence-electron chi connectivity index (χ1n) is 18.1. The maximum Gasteiger partial charge on any atom is 0.335 e. The van der Waals surface area contributed by atoms with Gasteiger partial charge in [0.25, 0.3) is 0 Å². The number of urea groups is 1. The third-order valence-electron chi connectivity index (χ3n) is 8.71. The molecule has 3 amide bonds. The fraction of sp³-hybridized carbons (Fsp3) is 0.514. The normalized spacial score (nSPS) is 17.5. The zero-order chi connectivity index (χ0) is 38.0. The fourth-order valence-corrected chi connectivity index (χ4v) is 7.39. The van der Waals surface area contributed by atoms with Gasteiger partial charge in [0.05, 0.1) is 83.2 Å². The number of ketones is 1. The van der Waals surface area contributed by atoms with Crippen LogP contribution in [0.3, 0.4) is 0 Å². The highest BCUT2D eigenvalue weighted by molar-refractivity contribution is 8.00. The number of carbonyl (C=O) groups excluding carboxylic acids is 3. The number of carboxylic acid groups (broad SMARTS) is 1.